The number of nitrogens with one attached hydrogen (secondary N) is 2. The van der Waals surface area contributed by atoms with Crippen LogP contribution in [0.15, 0.2) is 41.0 Å². The van der Waals surface area contributed by atoms with Crippen molar-refractivity contribution in [3.8, 4) is 5.75 Å². The molecule has 2 atom stereocenters. The third-order valence-electron chi connectivity index (χ3n) is 6.83. The Labute approximate surface area is 214 Å². The zero-order chi connectivity index (χ0) is 26.2. The van der Waals surface area contributed by atoms with Crippen molar-refractivity contribution in [2.45, 2.75) is 59.8 Å². The number of aliphatic imine (C=N–C) groups is 1. The van der Waals surface area contributed by atoms with Gasteiger partial charge in [0.15, 0.2) is 11.6 Å². The normalized spacial score (nSPS) is 15.8. The fourth-order valence-corrected chi connectivity index (χ4v) is 4.15. The number of allylic oxidation sites excluding steroid dienone is 2. The van der Waals surface area contributed by atoms with Crippen molar-refractivity contribution in [1.29, 1.82) is 0 Å². The lowest BCUT2D eigenvalue weighted by atomic mass is 9.89. The molecule has 2 aromatic rings. The number of carbonyl (C=O) groups excluding carboxylic acids is 1. The van der Waals surface area contributed by atoms with Crippen LogP contribution >= 0.6 is 0 Å². The molecule has 1 aliphatic rings. The molecule has 0 saturated heterocycles. The van der Waals surface area contributed by atoms with Gasteiger partial charge in [-0.2, -0.15) is 5.10 Å². The van der Waals surface area contributed by atoms with Gasteiger partial charge in [0, 0.05) is 30.3 Å². The van der Waals surface area contributed by atoms with Crippen molar-refractivity contribution in [1.82, 2.24) is 10.2 Å². The van der Waals surface area contributed by atoms with Gasteiger partial charge in [0.1, 0.15) is 0 Å². The highest BCUT2D eigenvalue weighted by Gasteiger charge is 2.30. The lowest BCUT2D eigenvalue weighted by Crippen LogP contribution is -2.17. The number of carbonyl (C=O) groups is 1. The van der Waals surface area contributed by atoms with E-state index < -0.39 is 0 Å². The van der Waals surface area contributed by atoms with E-state index in [9.17, 15) is 4.79 Å². The van der Waals surface area contributed by atoms with E-state index in [1.54, 1.807) is 20.2 Å². The monoisotopic (exact) mass is 492 g/mol. The molecule has 1 aliphatic carbocycles. The number of hydrogen-bond acceptors (Lipinski definition) is 7. The van der Waals surface area contributed by atoms with Crippen LogP contribution in [-0.4, -0.2) is 36.0 Å². The van der Waals surface area contributed by atoms with Crippen LogP contribution in [0.5, 0.6) is 5.75 Å². The number of para-hydroxylation sites is 1. The highest BCUT2D eigenvalue weighted by atomic mass is 16.5. The second-order valence-electron chi connectivity index (χ2n) is 9.61. The number of benzene rings is 1. The molecular formula is C28H40N6O2. The molecule has 8 nitrogen and oxygen atoms in total. The van der Waals surface area contributed by atoms with Gasteiger partial charge in [-0.3, -0.25) is 9.79 Å². The molecule has 3 rings (SSSR count). The van der Waals surface area contributed by atoms with Gasteiger partial charge in [0.05, 0.1) is 29.9 Å². The van der Waals surface area contributed by atoms with Gasteiger partial charge < -0.3 is 21.1 Å². The Morgan fingerprint density at radius 3 is 2.61 bits per heavy atom. The Kier molecular flexibility index (Phi) is 9.44. The molecule has 0 aliphatic heterocycles. The average molecular weight is 493 g/mol. The maximum Gasteiger partial charge on any atom is 0.228 e. The van der Waals surface area contributed by atoms with Gasteiger partial charge >= 0.3 is 0 Å². The Hall–Kier alpha value is -3.42. The summed E-state index contributed by atoms with van der Waals surface area (Å²) in [6, 6.07) is 7.65. The highest BCUT2D eigenvalue weighted by molar-refractivity contribution is 6.12. The summed E-state index contributed by atoms with van der Waals surface area (Å²) in [5.41, 5.74) is 11.2. The molecule has 0 bridgehead atoms. The first-order chi connectivity index (χ1) is 17.3. The number of hydrogen-bond donors (Lipinski definition) is 3. The summed E-state index contributed by atoms with van der Waals surface area (Å²) in [7, 11) is 3.40. The SMILES string of the molecule is CCC(C)CC(CC)/C(N)=C/C(=NC)c1cccc(Nc2cc(NC(=O)C3CC3)nnc2C)c1OC. The largest absolute Gasteiger partial charge is 0.494 e. The maximum absolute atomic E-state index is 12.2. The number of aromatic nitrogens is 2. The number of ether oxygens (including phenoxy) is 1. The van der Waals surface area contributed by atoms with Crippen molar-refractivity contribution in [2.75, 3.05) is 24.8 Å². The summed E-state index contributed by atoms with van der Waals surface area (Å²) in [6.07, 6.45) is 7.00. The first-order valence-corrected chi connectivity index (χ1v) is 12.8. The summed E-state index contributed by atoms with van der Waals surface area (Å²) in [6.45, 7) is 8.52. The second-order valence-corrected chi connectivity index (χ2v) is 9.61. The molecule has 0 radical (unpaired) electrons. The van der Waals surface area contributed by atoms with E-state index >= 15 is 0 Å². The van der Waals surface area contributed by atoms with Gasteiger partial charge in [-0.1, -0.05) is 33.3 Å². The van der Waals surface area contributed by atoms with Crippen LogP contribution in [0.2, 0.25) is 0 Å². The Morgan fingerprint density at radius 1 is 1.25 bits per heavy atom. The molecule has 1 amide bonds. The molecule has 1 saturated carbocycles. The quantitative estimate of drug-likeness (QED) is 0.332. The van der Waals surface area contributed by atoms with Crippen molar-refractivity contribution < 1.29 is 9.53 Å². The van der Waals surface area contributed by atoms with Gasteiger partial charge in [0.2, 0.25) is 5.91 Å². The van der Waals surface area contributed by atoms with Gasteiger partial charge in [-0.15, -0.1) is 5.10 Å². The molecular weight excluding hydrogens is 452 g/mol. The van der Waals surface area contributed by atoms with E-state index in [2.05, 4.69) is 46.6 Å². The fraction of sp³-hybridized carbons (Fsp3) is 0.500. The number of anilines is 3. The van der Waals surface area contributed by atoms with Crippen LogP contribution in [0.25, 0.3) is 0 Å². The lowest BCUT2D eigenvalue weighted by Gasteiger charge is -2.20. The molecule has 36 heavy (non-hydrogen) atoms. The van der Waals surface area contributed by atoms with Crippen LogP contribution in [-0.2, 0) is 4.79 Å². The zero-order valence-corrected chi connectivity index (χ0v) is 22.4. The fourth-order valence-electron chi connectivity index (χ4n) is 4.15. The van der Waals surface area contributed by atoms with Gasteiger partial charge in [-0.05, 0) is 62.7 Å². The topological polar surface area (TPSA) is 115 Å². The minimum Gasteiger partial charge on any atom is -0.494 e. The summed E-state index contributed by atoms with van der Waals surface area (Å²) in [5, 5.41) is 14.6. The number of nitrogens with two attached hydrogens (primary N) is 1. The predicted molar refractivity (Wildman–Crippen MR) is 147 cm³/mol. The van der Waals surface area contributed by atoms with Crippen LogP contribution in [0.1, 0.15) is 64.1 Å². The van der Waals surface area contributed by atoms with Gasteiger partial charge in [-0.25, -0.2) is 0 Å². The van der Waals surface area contributed by atoms with Crippen LogP contribution in [0.4, 0.5) is 17.2 Å². The minimum atomic E-state index is -0.00873. The molecule has 194 valence electrons. The molecule has 4 N–H and O–H groups in total. The summed E-state index contributed by atoms with van der Waals surface area (Å²) in [5.74, 6) is 2.07. The summed E-state index contributed by atoms with van der Waals surface area (Å²) < 4.78 is 5.84. The van der Waals surface area contributed by atoms with Crippen molar-refractivity contribution in [3.05, 3.63) is 47.3 Å². The molecule has 8 heteroatoms. The minimum absolute atomic E-state index is 0.00873. The Morgan fingerprint density at radius 2 is 2.00 bits per heavy atom. The van der Waals surface area contributed by atoms with Gasteiger partial charge in [0.25, 0.3) is 0 Å². The zero-order valence-electron chi connectivity index (χ0n) is 22.4. The Bertz CT molecular complexity index is 1120. The smallest absolute Gasteiger partial charge is 0.228 e. The van der Waals surface area contributed by atoms with Crippen molar-refractivity contribution >= 4 is 28.8 Å². The predicted octanol–water partition coefficient (Wildman–Crippen LogP) is 5.61. The molecule has 2 unspecified atom stereocenters. The van der Waals surface area contributed by atoms with Crippen LogP contribution in [0.3, 0.4) is 0 Å². The average Bonchev–Trinajstić information content (AvgIpc) is 3.73. The molecule has 1 heterocycles. The van der Waals surface area contributed by atoms with Crippen molar-refractivity contribution in [3.63, 3.8) is 0 Å². The summed E-state index contributed by atoms with van der Waals surface area (Å²) >= 11 is 0. The van der Waals surface area contributed by atoms with E-state index in [1.165, 1.54) is 0 Å². The molecule has 0 spiro atoms. The van der Waals surface area contributed by atoms with Crippen molar-refractivity contribution in [2.24, 2.45) is 28.5 Å². The second kappa shape index (κ2) is 12.5. The number of nitrogens with zero attached hydrogens (tertiary/aromatic N) is 3. The number of amides is 1. The van der Waals surface area contributed by atoms with E-state index in [-0.39, 0.29) is 11.8 Å². The van der Waals surface area contributed by atoms with E-state index in [0.717, 1.165) is 60.5 Å². The van der Waals surface area contributed by atoms with Crippen LogP contribution in [0, 0.1) is 24.7 Å². The third-order valence-corrected chi connectivity index (χ3v) is 6.83. The lowest BCUT2D eigenvalue weighted by molar-refractivity contribution is -0.117. The maximum atomic E-state index is 12.2. The Balaban J connectivity index is 1.89. The number of rotatable bonds is 12. The number of aryl methyl sites for hydroxylation is 1. The van der Waals surface area contributed by atoms with Crippen LogP contribution < -0.4 is 21.1 Å². The van der Waals surface area contributed by atoms with E-state index in [0.29, 0.717) is 29.1 Å². The first kappa shape index (κ1) is 27.2. The molecule has 1 aromatic heterocycles. The first-order valence-electron chi connectivity index (χ1n) is 12.8. The summed E-state index contributed by atoms with van der Waals surface area (Å²) in [4.78, 5) is 16.7. The molecule has 1 fully saturated rings. The highest BCUT2D eigenvalue weighted by Crippen LogP contribution is 2.34. The molecule has 1 aromatic carbocycles. The van der Waals surface area contributed by atoms with E-state index in [1.807, 2.05) is 31.2 Å². The van der Waals surface area contributed by atoms with E-state index in [4.69, 9.17) is 10.5 Å². The third kappa shape index (κ3) is 6.83. The standard InChI is InChI=1S/C28H40N6O2/c1-7-17(3)14-19(8-2)22(29)15-25(30-5)21-10-9-11-23(27(21)36-6)31-24-16-26(34-33-18(24)4)32-28(35)20-12-13-20/h9-11,15-17,19-20H,7-8,12-14,29H2,1-6H3,(H2,31,32,34,35)/b22-15-,30-25?. The number of methoxy groups -OCH3 is 1.